The topological polar surface area (TPSA) is 55.1 Å². The molecule has 0 saturated carbocycles. The van der Waals surface area contributed by atoms with Gasteiger partial charge in [0.1, 0.15) is 0 Å². The van der Waals surface area contributed by atoms with E-state index in [1.54, 1.807) is 35.0 Å². The van der Waals surface area contributed by atoms with Crippen LogP contribution in [0.1, 0.15) is 0 Å². The number of para-hydroxylation sites is 1. The molecule has 0 fully saturated rings. The molecule has 1 unspecified atom stereocenters. The molecule has 3 aromatic rings. The summed E-state index contributed by atoms with van der Waals surface area (Å²) in [5.41, 5.74) is 0.972. The third kappa shape index (κ3) is 3.46. The van der Waals surface area contributed by atoms with Crippen LogP contribution in [0.15, 0.2) is 73.1 Å². The summed E-state index contributed by atoms with van der Waals surface area (Å²) < 4.78 is 14.4. The molecule has 0 bridgehead atoms. The summed E-state index contributed by atoms with van der Waals surface area (Å²) in [6.07, 6.45) is 3.23. The van der Waals surface area contributed by atoms with E-state index in [4.69, 9.17) is 0 Å². The first kappa shape index (κ1) is 16.8. The predicted octanol–water partition coefficient (Wildman–Crippen LogP) is 1.71. The van der Waals surface area contributed by atoms with Crippen LogP contribution in [0.4, 0.5) is 0 Å². The number of nitrogens with zero attached hydrogens (tertiary/aromatic N) is 2. The SMILES string of the molecule is O=P(O)(c1ccccc1)c1nccn1-c1ccccc1.[K]. The van der Waals surface area contributed by atoms with E-state index in [0.717, 1.165) is 5.69 Å². The maximum Gasteiger partial charge on any atom is 0.293 e. The van der Waals surface area contributed by atoms with Crippen molar-refractivity contribution < 1.29 is 9.46 Å². The van der Waals surface area contributed by atoms with Crippen molar-refractivity contribution in [3.8, 4) is 5.69 Å². The minimum atomic E-state index is -3.70. The molecule has 1 N–H and O–H groups in total. The van der Waals surface area contributed by atoms with Crippen molar-refractivity contribution >= 4 is 69.6 Å². The number of benzene rings is 2. The molecule has 6 heteroatoms. The van der Waals surface area contributed by atoms with E-state index in [1.165, 1.54) is 6.20 Å². The van der Waals surface area contributed by atoms with Crippen LogP contribution >= 0.6 is 7.37 Å². The van der Waals surface area contributed by atoms with E-state index < -0.39 is 7.37 Å². The van der Waals surface area contributed by atoms with Crippen molar-refractivity contribution in [3.63, 3.8) is 0 Å². The average Bonchev–Trinajstić information content (AvgIpc) is 2.99. The summed E-state index contributed by atoms with van der Waals surface area (Å²) in [5, 5.41) is 0.378. The van der Waals surface area contributed by atoms with Crippen LogP contribution < -0.4 is 10.9 Å². The van der Waals surface area contributed by atoms with Crippen LogP contribution in [0.25, 0.3) is 5.69 Å². The zero-order valence-electron chi connectivity index (χ0n) is 11.6. The molecule has 0 aliphatic carbocycles. The van der Waals surface area contributed by atoms with Gasteiger partial charge in [-0.1, -0.05) is 36.4 Å². The third-order valence-corrected chi connectivity index (χ3v) is 4.90. The van der Waals surface area contributed by atoms with Crippen molar-refractivity contribution in [3.05, 3.63) is 73.1 Å². The number of aromatic nitrogens is 2. The molecule has 0 aliphatic heterocycles. The Hall–Kier alpha value is -0.524. The third-order valence-electron chi connectivity index (χ3n) is 3.03. The molecule has 1 heterocycles. The Morgan fingerprint density at radius 1 is 0.952 bits per heavy atom. The molecule has 4 nitrogen and oxygen atoms in total. The Balaban J connectivity index is 0.00000161. The fourth-order valence-corrected chi connectivity index (χ4v) is 3.56. The average molecular weight is 323 g/mol. The number of imidazole rings is 1. The summed E-state index contributed by atoms with van der Waals surface area (Å²) in [5.74, 6) is 0. The Bertz CT molecular complexity index is 760. The standard InChI is InChI=1S/C15H13N2O2P.K/c18-20(19,14-9-5-2-6-10-14)15-16-11-12-17(15)13-7-3-1-4-8-13;/h1-12H,(H,18,19);. The van der Waals surface area contributed by atoms with E-state index in [1.807, 2.05) is 36.4 Å². The molecular weight excluding hydrogens is 310 g/mol. The van der Waals surface area contributed by atoms with Gasteiger partial charge in [0.25, 0.3) is 7.37 Å². The predicted molar refractivity (Wildman–Crippen MR) is 84.9 cm³/mol. The molecule has 0 spiro atoms. The first-order chi connectivity index (χ1) is 9.69. The Morgan fingerprint density at radius 3 is 2.14 bits per heavy atom. The second kappa shape index (κ2) is 7.16. The normalized spacial score (nSPS) is 13.2. The van der Waals surface area contributed by atoms with Crippen LogP contribution in [-0.4, -0.2) is 65.8 Å². The Kier molecular flexibility index (Phi) is 5.74. The smallest absolute Gasteiger partial charge is 0.293 e. The van der Waals surface area contributed by atoms with Gasteiger partial charge in [-0.05, 0) is 24.3 Å². The van der Waals surface area contributed by atoms with Gasteiger partial charge in [0.2, 0.25) is 5.57 Å². The fourth-order valence-electron chi connectivity index (χ4n) is 2.06. The molecule has 21 heavy (non-hydrogen) atoms. The monoisotopic (exact) mass is 323 g/mol. The van der Waals surface area contributed by atoms with E-state index in [9.17, 15) is 9.46 Å². The van der Waals surface area contributed by atoms with Crippen LogP contribution in [0.2, 0.25) is 0 Å². The zero-order chi connectivity index (χ0) is 14.0. The van der Waals surface area contributed by atoms with Crippen molar-refractivity contribution in [2.45, 2.75) is 0 Å². The molecule has 1 aromatic heterocycles. The van der Waals surface area contributed by atoms with Crippen LogP contribution in [0.3, 0.4) is 0 Å². The minimum absolute atomic E-state index is 0. The number of hydrogen-bond donors (Lipinski definition) is 1. The van der Waals surface area contributed by atoms with Gasteiger partial charge in [-0.25, -0.2) is 4.98 Å². The first-order valence-corrected chi connectivity index (χ1v) is 7.83. The maximum absolute atomic E-state index is 12.7. The molecule has 101 valence electrons. The van der Waals surface area contributed by atoms with Gasteiger partial charge in [-0.2, -0.15) is 0 Å². The van der Waals surface area contributed by atoms with E-state index >= 15 is 0 Å². The molecule has 0 aliphatic rings. The molecule has 1 radical (unpaired) electrons. The van der Waals surface area contributed by atoms with Gasteiger partial charge in [-0.3, -0.25) is 9.13 Å². The molecule has 2 aromatic carbocycles. The number of hydrogen-bond acceptors (Lipinski definition) is 2. The number of rotatable bonds is 3. The molecule has 0 amide bonds. The van der Waals surface area contributed by atoms with Gasteiger partial charge >= 0.3 is 0 Å². The van der Waals surface area contributed by atoms with Crippen molar-refractivity contribution in [1.29, 1.82) is 0 Å². The van der Waals surface area contributed by atoms with Gasteiger partial charge in [-0.15, -0.1) is 0 Å². The van der Waals surface area contributed by atoms with Crippen molar-refractivity contribution in [1.82, 2.24) is 9.55 Å². The zero-order valence-corrected chi connectivity index (χ0v) is 15.6. The van der Waals surface area contributed by atoms with E-state index in [-0.39, 0.29) is 57.0 Å². The Labute approximate surface area is 165 Å². The molecule has 0 saturated heterocycles. The fraction of sp³-hybridized carbons (Fsp3) is 0. The second-order valence-electron chi connectivity index (χ2n) is 4.34. The Morgan fingerprint density at radius 2 is 1.52 bits per heavy atom. The summed E-state index contributed by atoms with van der Waals surface area (Å²) in [7, 11) is -3.70. The molecule has 1 atom stereocenters. The minimum Gasteiger partial charge on any atom is -0.336 e. The van der Waals surface area contributed by atoms with Gasteiger partial charge in [0, 0.05) is 74.8 Å². The second-order valence-corrected chi connectivity index (χ2v) is 6.41. The van der Waals surface area contributed by atoms with E-state index in [0.29, 0.717) is 5.30 Å². The summed E-state index contributed by atoms with van der Waals surface area (Å²) >= 11 is 0. The van der Waals surface area contributed by atoms with Gasteiger partial charge in [0.05, 0.1) is 0 Å². The van der Waals surface area contributed by atoms with Crippen LogP contribution in [0.5, 0.6) is 0 Å². The van der Waals surface area contributed by atoms with Crippen molar-refractivity contribution in [2.75, 3.05) is 0 Å². The summed E-state index contributed by atoms with van der Waals surface area (Å²) in [6.45, 7) is 0. The van der Waals surface area contributed by atoms with Gasteiger partial charge in [0.15, 0.2) is 0 Å². The summed E-state index contributed by atoms with van der Waals surface area (Å²) in [4.78, 5) is 14.6. The van der Waals surface area contributed by atoms with Crippen LogP contribution in [-0.2, 0) is 4.57 Å². The largest absolute Gasteiger partial charge is 0.336 e. The van der Waals surface area contributed by atoms with Crippen LogP contribution in [0, 0.1) is 0 Å². The van der Waals surface area contributed by atoms with Gasteiger partial charge < -0.3 is 4.89 Å². The molecule has 3 rings (SSSR count). The van der Waals surface area contributed by atoms with E-state index in [2.05, 4.69) is 4.98 Å². The summed E-state index contributed by atoms with van der Waals surface area (Å²) in [6, 6.07) is 18.0. The van der Waals surface area contributed by atoms with Crippen molar-refractivity contribution in [2.24, 2.45) is 0 Å². The molecular formula is C15H13KN2O2P. The first-order valence-electron chi connectivity index (χ1n) is 6.17. The quantitative estimate of drug-likeness (QED) is 0.590. The maximum atomic E-state index is 12.7.